The summed E-state index contributed by atoms with van der Waals surface area (Å²) in [6, 6.07) is -0.791. The molecule has 0 aromatic rings. The quantitative estimate of drug-likeness (QED) is 0.646. The number of nitrogens with zero attached hydrogens (tertiary/aromatic N) is 1. The summed E-state index contributed by atoms with van der Waals surface area (Å²) in [6.45, 7) is 4.78. The van der Waals surface area contributed by atoms with E-state index in [4.69, 9.17) is 15.6 Å². The summed E-state index contributed by atoms with van der Waals surface area (Å²) >= 11 is 0. The Kier molecular flexibility index (Phi) is 4.31. The number of carbonyl (C=O) groups is 1. The van der Waals surface area contributed by atoms with Crippen LogP contribution < -0.4 is 5.73 Å². The Morgan fingerprint density at radius 2 is 2.50 bits per heavy atom. The van der Waals surface area contributed by atoms with Crippen LogP contribution in [0.3, 0.4) is 0 Å². The molecule has 0 aromatic carbocycles. The number of carboxylic acid groups (broad SMARTS) is 1. The molecule has 1 heterocycles. The van der Waals surface area contributed by atoms with Crippen molar-refractivity contribution < 1.29 is 14.6 Å². The summed E-state index contributed by atoms with van der Waals surface area (Å²) in [5.41, 5.74) is 5.46. The lowest BCUT2D eigenvalue weighted by Gasteiger charge is -2.23. The van der Waals surface area contributed by atoms with Gasteiger partial charge in [-0.25, -0.2) is 0 Å². The Balaban J connectivity index is 2.38. The van der Waals surface area contributed by atoms with Gasteiger partial charge in [0.05, 0.1) is 6.10 Å². The summed E-state index contributed by atoms with van der Waals surface area (Å²) in [4.78, 5) is 12.6. The highest BCUT2D eigenvalue weighted by Gasteiger charge is 2.20. The van der Waals surface area contributed by atoms with Gasteiger partial charge in [-0.15, -0.1) is 0 Å². The lowest BCUT2D eigenvalue weighted by molar-refractivity contribution is -0.139. The number of ether oxygens (including phenoxy) is 1. The Morgan fingerprint density at radius 3 is 3.14 bits per heavy atom. The standard InChI is InChI=1S/C9H18N2O3/c1-7-5-11(3-2-4-14-7)6-8(10)9(12)13/h7-8H,2-6,10H2,1H3,(H,12,13). The molecule has 0 saturated carbocycles. The molecule has 5 heteroatoms. The van der Waals surface area contributed by atoms with Crippen LogP contribution in [0.2, 0.25) is 0 Å². The van der Waals surface area contributed by atoms with Gasteiger partial charge in [-0.05, 0) is 13.3 Å². The summed E-state index contributed by atoms with van der Waals surface area (Å²) in [5, 5.41) is 8.67. The highest BCUT2D eigenvalue weighted by Crippen LogP contribution is 2.05. The van der Waals surface area contributed by atoms with Crippen molar-refractivity contribution >= 4 is 5.97 Å². The fourth-order valence-electron chi connectivity index (χ4n) is 1.60. The van der Waals surface area contributed by atoms with Crippen LogP contribution in [-0.4, -0.2) is 54.4 Å². The number of nitrogens with two attached hydrogens (primary N) is 1. The monoisotopic (exact) mass is 202 g/mol. The maximum atomic E-state index is 10.6. The van der Waals surface area contributed by atoms with Crippen LogP contribution in [0.25, 0.3) is 0 Å². The van der Waals surface area contributed by atoms with E-state index in [0.29, 0.717) is 6.54 Å². The Morgan fingerprint density at radius 1 is 1.79 bits per heavy atom. The second-order valence-corrected chi connectivity index (χ2v) is 3.74. The minimum atomic E-state index is -0.942. The zero-order valence-electron chi connectivity index (χ0n) is 8.48. The molecule has 0 aromatic heterocycles. The molecule has 0 amide bonds. The topological polar surface area (TPSA) is 75.8 Å². The number of carboxylic acids is 1. The molecule has 5 nitrogen and oxygen atoms in total. The normalized spacial score (nSPS) is 26.9. The lowest BCUT2D eigenvalue weighted by atomic mass is 10.2. The van der Waals surface area contributed by atoms with E-state index in [1.165, 1.54) is 0 Å². The SMILES string of the molecule is CC1CN(CC(N)C(=O)O)CCCO1. The first-order valence-electron chi connectivity index (χ1n) is 4.92. The van der Waals surface area contributed by atoms with Gasteiger partial charge in [-0.1, -0.05) is 0 Å². The van der Waals surface area contributed by atoms with Crippen molar-refractivity contribution in [2.75, 3.05) is 26.2 Å². The molecule has 14 heavy (non-hydrogen) atoms. The van der Waals surface area contributed by atoms with E-state index in [-0.39, 0.29) is 6.10 Å². The smallest absolute Gasteiger partial charge is 0.321 e. The average Bonchev–Trinajstić information content (AvgIpc) is 2.29. The van der Waals surface area contributed by atoms with Gasteiger partial charge in [0.15, 0.2) is 0 Å². The molecule has 2 unspecified atom stereocenters. The van der Waals surface area contributed by atoms with Gasteiger partial charge in [0.1, 0.15) is 6.04 Å². The van der Waals surface area contributed by atoms with Gasteiger partial charge in [0.2, 0.25) is 0 Å². The second-order valence-electron chi connectivity index (χ2n) is 3.74. The predicted molar refractivity (Wildman–Crippen MR) is 52.1 cm³/mol. The molecule has 0 spiro atoms. The molecule has 82 valence electrons. The van der Waals surface area contributed by atoms with Gasteiger partial charge in [-0.3, -0.25) is 9.69 Å². The molecular formula is C9H18N2O3. The fraction of sp³-hybridized carbons (Fsp3) is 0.889. The van der Waals surface area contributed by atoms with Crippen molar-refractivity contribution in [3.8, 4) is 0 Å². The van der Waals surface area contributed by atoms with Crippen LogP contribution in [0.4, 0.5) is 0 Å². The Labute approximate surface area is 83.8 Å². The van der Waals surface area contributed by atoms with Crippen molar-refractivity contribution in [1.29, 1.82) is 0 Å². The minimum Gasteiger partial charge on any atom is -0.480 e. The minimum absolute atomic E-state index is 0.165. The number of rotatable bonds is 3. The largest absolute Gasteiger partial charge is 0.480 e. The number of hydrogen-bond donors (Lipinski definition) is 2. The molecule has 3 N–H and O–H groups in total. The number of hydrogen-bond acceptors (Lipinski definition) is 4. The van der Waals surface area contributed by atoms with E-state index in [9.17, 15) is 4.79 Å². The summed E-state index contributed by atoms with van der Waals surface area (Å²) in [6.07, 6.45) is 1.11. The Hall–Kier alpha value is -0.650. The predicted octanol–water partition coefficient (Wildman–Crippen LogP) is -0.491. The van der Waals surface area contributed by atoms with Crippen LogP contribution in [0.5, 0.6) is 0 Å². The molecule has 1 saturated heterocycles. The van der Waals surface area contributed by atoms with Crippen LogP contribution in [0.1, 0.15) is 13.3 Å². The fourth-order valence-corrected chi connectivity index (χ4v) is 1.60. The molecule has 0 radical (unpaired) electrons. The third kappa shape index (κ3) is 3.61. The first-order valence-corrected chi connectivity index (χ1v) is 4.92. The van der Waals surface area contributed by atoms with Crippen molar-refractivity contribution in [2.24, 2.45) is 5.73 Å². The van der Waals surface area contributed by atoms with Gasteiger partial charge >= 0.3 is 5.97 Å². The Bertz CT molecular complexity index is 198. The van der Waals surface area contributed by atoms with Crippen LogP contribution in [0.15, 0.2) is 0 Å². The van der Waals surface area contributed by atoms with Gasteiger partial charge in [0, 0.05) is 26.2 Å². The zero-order valence-corrected chi connectivity index (χ0v) is 8.48. The van der Waals surface area contributed by atoms with Crippen molar-refractivity contribution in [2.45, 2.75) is 25.5 Å². The van der Waals surface area contributed by atoms with E-state index in [1.807, 2.05) is 6.92 Å². The van der Waals surface area contributed by atoms with Gasteiger partial charge in [0.25, 0.3) is 0 Å². The van der Waals surface area contributed by atoms with Crippen molar-refractivity contribution in [3.63, 3.8) is 0 Å². The van der Waals surface area contributed by atoms with E-state index >= 15 is 0 Å². The highest BCUT2D eigenvalue weighted by molar-refractivity contribution is 5.73. The van der Waals surface area contributed by atoms with Gasteiger partial charge in [-0.2, -0.15) is 0 Å². The van der Waals surface area contributed by atoms with E-state index in [0.717, 1.165) is 26.1 Å². The number of aliphatic carboxylic acids is 1. The first-order chi connectivity index (χ1) is 6.59. The highest BCUT2D eigenvalue weighted by atomic mass is 16.5. The zero-order chi connectivity index (χ0) is 10.6. The summed E-state index contributed by atoms with van der Waals surface area (Å²) in [5.74, 6) is -0.942. The van der Waals surface area contributed by atoms with E-state index in [2.05, 4.69) is 4.90 Å². The van der Waals surface area contributed by atoms with Crippen LogP contribution in [0, 0.1) is 0 Å². The molecular weight excluding hydrogens is 184 g/mol. The maximum Gasteiger partial charge on any atom is 0.321 e. The average molecular weight is 202 g/mol. The van der Waals surface area contributed by atoms with Crippen LogP contribution in [-0.2, 0) is 9.53 Å². The lowest BCUT2D eigenvalue weighted by Crippen LogP contribution is -2.44. The molecule has 2 atom stereocenters. The third-order valence-electron chi connectivity index (χ3n) is 2.31. The molecule has 1 rings (SSSR count). The summed E-state index contributed by atoms with van der Waals surface area (Å²) < 4.78 is 5.45. The molecule has 1 fully saturated rings. The van der Waals surface area contributed by atoms with Crippen molar-refractivity contribution in [1.82, 2.24) is 4.90 Å². The van der Waals surface area contributed by atoms with Crippen molar-refractivity contribution in [3.05, 3.63) is 0 Å². The molecule has 1 aliphatic heterocycles. The maximum absolute atomic E-state index is 10.6. The first kappa shape index (κ1) is 11.4. The molecule has 0 bridgehead atoms. The molecule has 1 aliphatic rings. The van der Waals surface area contributed by atoms with Gasteiger partial charge < -0.3 is 15.6 Å². The van der Waals surface area contributed by atoms with E-state index < -0.39 is 12.0 Å². The summed E-state index contributed by atoms with van der Waals surface area (Å²) in [7, 11) is 0. The third-order valence-corrected chi connectivity index (χ3v) is 2.31. The van der Waals surface area contributed by atoms with Crippen LogP contribution >= 0.6 is 0 Å². The second kappa shape index (κ2) is 5.29. The van der Waals surface area contributed by atoms with E-state index in [1.54, 1.807) is 0 Å². The molecule has 0 aliphatic carbocycles.